The van der Waals surface area contributed by atoms with Gasteiger partial charge in [0.15, 0.2) is 0 Å². The standard InChI is InChI=1S/C21H18F3N5O3S/c22-13-2-4-16-17(9-13)28(21(30)29(16)15-5-7-33(31)8-6-15)11-14-3-1-12(10-25-14)19-26-27-20(32-19)18(23)24/h1-4,9-10,15,18H,5-8,11H2. The molecule has 33 heavy (non-hydrogen) atoms. The van der Waals surface area contributed by atoms with Crippen molar-refractivity contribution < 1.29 is 21.8 Å². The van der Waals surface area contributed by atoms with Gasteiger partial charge in [0.2, 0.25) is 5.89 Å². The summed E-state index contributed by atoms with van der Waals surface area (Å²) < 4.78 is 59.1. The molecule has 172 valence electrons. The fraction of sp³-hybridized carbons (Fsp3) is 0.333. The van der Waals surface area contributed by atoms with Gasteiger partial charge in [-0.2, -0.15) is 8.78 Å². The van der Waals surface area contributed by atoms with Gasteiger partial charge in [-0.05, 0) is 43.2 Å². The molecule has 0 atom stereocenters. The fourth-order valence-electron chi connectivity index (χ4n) is 4.04. The first-order chi connectivity index (χ1) is 15.9. The maximum absolute atomic E-state index is 14.0. The van der Waals surface area contributed by atoms with Crippen molar-refractivity contribution in [2.24, 2.45) is 0 Å². The Balaban J connectivity index is 1.48. The van der Waals surface area contributed by atoms with Gasteiger partial charge >= 0.3 is 12.1 Å². The van der Waals surface area contributed by atoms with Crippen LogP contribution in [0.2, 0.25) is 0 Å². The summed E-state index contributed by atoms with van der Waals surface area (Å²) in [5.41, 5.74) is 1.62. The summed E-state index contributed by atoms with van der Waals surface area (Å²) in [6.45, 7) is 0.0802. The van der Waals surface area contributed by atoms with Crippen LogP contribution in [0.25, 0.3) is 22.5 Å². The van der Waals surface area contributed by atoms with E-state index in [0.29, 0.717) is 46.6 Å². The Morgan fingerprint density at radius 3 is 2.58 bits per heavy atom. The number of benzene rings is 1. The van der Waals surface area contributed by atoms with E-state index in [0.717, 1.165) is 0 Å². The number of halogens is 3. The Hall–Kier alpha value is -3.28. The Morgan fingerprint density at radius 2 is 1.91 bits per heavy atom. The van der Waals surface area contributed by atoms with Crippen LogP contribution in [0.5, 0.6) is 0 Å². The number of imidazole rings is 1. The third-order valence-electron chi connectivity index (χ3n) is 5.67. The fourth-order valence-corrected chi connectivity index (χ4v) is 5.32. The van der Waals surface area contributed by atoms with Crippen molar-refractivity contribution in [2.75, 3.05) is 11.5 Å². The van der Waals surface area contributed by atoms with Crippen molar-refractivity contribution in [3.63, 3.8) is 0 Å². The summed E-state index contributed by atoms with van der Waals surface area (Å²) in [6.07, 6.45) is -0.256. The molecule has 0 radical (unpaired) electrons. The highest BCUT2D eigenvalue weighted by Crippen LogP contribution is 2.27. The molecule has 4 heterocycles. The van der Waals surface area contributed by atoms with Gasteiger partial charge in [-0.3, -0.25) is 18.3 Å². The van der Waals surface area contributed by atoms with E-state index >= 15 is 0 Å². The third kappa shape index (κ3) is 4.10. The molecule has 4 aromatic rings. The van der Waals surface area contributed by atoms with Gasteiger partial charge in [0, 0.05) is 34.5 Å². The zero-order valence-electron chi connectivity index (χ0n) is 17.2. The van der Waals surface area contributed by atoms with Gasteiger partial charge in [0.1, 0.15) is 5.82 Å². The molecule has 0 N–H and O–H groups in total. The molecule has 0 saturated carbocycles. The van der Waals surface area contributed by atoms with Gasteiger partial charge < -0.3 is 4.42 Å². The van der Waals surface area contributed by atoms with Crippen LogP contribution in [0.15, 0.2) is 45.7 Å². The number of nitrogens with zero attached hydrogens (tertiary/aromatic N) is 5. The zero-order valence-corrected chi connectivity index (χ0v) is 18.0. The molecule has 8 nitrogen and oxygen atoms in total. The van der Waals surface area contributed by atoms with E-state index in [1.54, 1.807) is 22.8 Å². The number of pyridine rings is 1. The zero-order chi connectivity index (χ0) is 23.1. The van der Waals surface area contributed by atoms with Crippen molar-refractivity contribution in [3.05, 3.63) is 64.4 Å². The van der Waals surface area contributed by atoms with Crippen LogP contribution in [0.4, 0.5) is 13.2 Å². The second kappa shape index (κ2) is 8.58. The smallest absolute Gasteiger partial charge is 0.329 e. The molecular formula is C21H18F3N5O3S. The van der Waals surface area contributed by atoms with E-state index in [4.69, 9.17) is 4.42 Å². The normalized spacial score (nSPS) is 18.9. The van der Waals surface area contributed by atoms with Crippen molar-refractivity contribution in [2.45, 2.75) is 31.9 Å². The molecule has 1 aliphatic rings. The lowest BCUT2D eigenvalue weighted by atomic mass is 10.1. The first-order valence-corrected chi connectivity index (χ1v) is 11.7. The number of fused-ring (bicyclic) bond motifs is 1. The Labute approximate surface area is 187 Å². The molecule has 0 spiro atoms. The molecule has 12 heteroatoms. The van der Waals surface area contributed by atoms with Crippen LogP contribution in [-0.2, 0) is 17.3 Å². The molecule has 0 unspecified atom stereocenters. The van der Waals surface area contributed by atoms with E-state index < -0.39 is 28.9 Å². The highest BCUT2D eigenvalue weighted by atomic mass is 32.2. The first kappa shape index (κ1) is 21.6. The minimum Gasteiger partial charge on any atom is -0.415 e. The molecule has 3 aromatic heterocycles. The summed E-state index contributed by atoms with van der Waals surface area (Å²) in [5.74, 6) is -0.280. The van der Waals surface area contributed by atoms with Gasteiger partial charge in [0.05, 0.1) is 28.8 Å². The molecule has 0 amide bonds. The molecule has 1 aliphatic heterocycles. The Bertz CT molecular complexity index is 1390. The Kier molecular flexibility index (Phi) is 5.60. The first-order valence-electron chi connectivity index (χ1n) is 10.2. The molecule has 1 saturated heterocycles. The highest BCUT2D eigenvalue weighted by Gasteiger charge is 2.25. The summed E-state index contributed by atoms with van der Waals surface area (Å²) in [6, 6.07) is 7.29. The van der Waals surface area contributed by atoms with Crippen LogP contribution < -0.4 is 5.69 Å². The third-order valence-corrected chi connectivity index (χ3v) is 7.05. The molecule has 1 aromatic carbocycles. The summed E-state index contributed by atoms with van der Waals surface area (Å²) in [7, 11) is -0.874. The largest absolute Gasteiger partial charge is 0.415 e. The monoisotopic (exact) mass is 477 g/mol. The summed E-state index contributed by atoms with van der Waals surface area (Å²) in [5, 5.41) is 6.88. The van der Waals surface area contributed by atoms with Gasteiger partial charge in [-0.1, -0.05) is 0 Å². The summed E-state index contributed by atoms with van der Waals surface area (Å²) >= 11 is 0. The van der Waals surface area contributed by atoms with E-state index in [1.165, 1.54) is 22.9 Å². The van der Waals surface area contributed by atoms with E-state index in [9.17, 15) is 22.2 Å². The SMILES string of the molecule is O=c1n(Cc2ccc(-c3nnc(C(F)F)o3)cn2)c2cc(F)ccc2n1C1CCS(=O)CC1. The van der Waals surface area contributed by atoms with E-state index in [2.05, 4.69) is 15.2 Å². The molecular weight excluding hydrogens is 459 g/mol. The average molecular weight is 477 g/mol. The van der Waals surface area contributed by atoms with Crippen molar-refractivity contribution >= 4 is 21.8 Å². The van der Waals surface area contributed by atoms with Crippen molar-refractivity contribution in [1.29, 1.82) is 0 Å². The predicted molar refractivity (Wildman–Crippen MR) is 114 cm³/mol. The van der Waals surface area contributed by atoms with Gasteiger partial charge in [-0.25, -0.2) is 9.18 Å². The number of rotatable bonds is 5. The van der Waals surface area contributed by atoms with E-state index in [-0.39, 0.29) is 24.2 Å². The van der Waals surface area contributed by atoms with Gasteiger partial charge in [0.25, 0.3) is 5.89 Å². The van der Waals surface area contributed by atoms with Crippen LogP contribution in [0.1, 0.15) is 36.9 Å². The average Bonchev–Trinajstić information content (AvgIpc) is 3.39. The maximum Gasteiger partial charge on any atom is 0.329 e. The van der Waals surface area contributed by atoms with Gasteiger partial charge in [-0.15, -0.1) is 10.2 Å². The number of hydrogen-bond donors (Lipinski definition) is 0. The van der Waals surface area contributed by atoms with Crippen LogP contribution >= 0.6 is 0 Å². The number of aromatic nitrogens is 5. The quantitative estimate of drug-likeness (QED) is 0.437. The molecule has 0 aliphatic carbocycles. The van der Waals surface area contributed by atoms with Crippen LogP contribution in [0, 0.1) is 5.82 Å². The van der Waals surface area contributed by atoms with Crippen molar-refractivity contribution in [1.82, 2.24) is 24.3 Å². The second-order valence-corrected chi connectivity index (χ2v) is 9.43. The molecule has 5 rings (SSSR count). The Morgan fingerprint density at radius 1 is 1.12 bits per heavy atom. The topological polar surface area (TPSA) is 95.8 Å². The second-order valence-electron chi connectivity index (χ2n) is 7.74. The lowest BCUT2D eigenvalue weighted by Crippen LogP contribution is -2.31. The lowest BCUT2D eigenvalue weighted by Gasteiger charge is -2.22. The number of hydrogen-bond acceptors (Lipinski definition) is 6. The van der Waals surface area contributed by atoms with Crippen LogP contribution in [0.3, 0.4) is 0 Å². The summed E-state index contributed by atoms with van der Waals surface area (Å²) in [4.78, 5) is 17.6. The minimum absolute atomic E-state index is 0.0802. The van der Waals surface area contributed by atoms with Crippen LogP contribution in [-0.4, -0.2) is 40.0 Å². The van der Waals surface area contributed by atoms with Crippen molar-refractivity contribution in [3.8, 4) is 11.5 Å². The number of alkyl halides is 2. The predicted octanol–water partition coefficient (Wildman–Crippen LogP) is 3.46. The highest BCUT2D eigenvalue weighted by molar-refractivity contribution is 7.85. The molecule has 1 fully saturated rings. The molecule has 0 bridgehead atoms. The van der Waals surface area contributed by atoms with E-state index in [1.807, 2.05) is 0 Å². The maximum atomic E-state index is 14.0. The minimum atomic E-state index is -2.87. The lowest BCUT2D eigenvalue weighted by molar-refractivity contribution is 0.116.